The number of morpholine rings is 1. The molecule has 0 aliphatic carbocycles. The molecule has 0 saturated carbocycles. The van der Waals surface area contributed by atoms with E-state index in [-0.39, 0.29) is 36.9 Å². The van der Waals surface area contributed by atoms with Gasteiger partial charge in [0.1, 0.15) is 0 Å². The van der Waals surface area contributed by atoms with Crippen LogP contribution in [0.25, 0.3) is 0 Å². The Morgan fingerprint density at radius 2 is 1.92 bits per heavy atom. The van der Waals surface area contributed by atoms with Crippen molar-refractivity contribution in [1.29, 1.82) is 0 Å². The van der Waals surface area contributed by atoms with Gasteiger partial charge in [0.15, 0.2) is 17.3 Å². The third-order valence-electron chi connectivity index (χ3n) is 4.16. The minimum Gasteiger partial charge on any atom is -0.454 e. The van der Waals surface area contributed by atoms with Gasteiger partial charge in [0.2, 0.25) is 18.6 Å². The monoisotopic (exact) mass is 348 g/mol. The van der Waals surface area contributed by atoms with Crippen molar-refractivity contribution in [2.75, 3.05) is 31.8 Å². The lowest BCUT2D eigenvalue weighted by molar-refractivity contribution is -0.138. The number of nitrogens with zero attached hydrogens (tertiary/aromatic N) is 1. The van der Waals surface area contributed by atoms with Crippen LogP contribution in [-0.2, 0) is 14.3 Å². The average molecular weight is 348 g/mol. The molecule has 8 heteroatoms. The predicted molar refractivity (Wildman–Crippen MR) is 87.8 cm³/mol. The van der Waals surface area contributed by atoms with Crippen molar-refractivity contribution in [3.8, 4) is 11.5 Å². The van der Waals surface area contributed by atoms with Crippen LogP contribution in [-0.4, -0.2) is 55.1 Å². The van der Waals surface area contributed by atoms with E-state index >= 15 is 0 Å². The lowest BCUT2D eigenvalue weighted by atomic mass is 10.1. The highest BCUT2D eigenvalue weighted by atomic mass is 16.7. The van der Waals surface area contributed by atoms with Gasteiger partial charge in [0.05, 0.1) is 24.8 Å². The third kappa shape index (κ3) is 3.90. The number of carbonyl (C=O) groups excluding carboxylic acids is 3. The summed E-state index contributed by atoms with van der Waals surface area (Å²) in [5.74, 6) is 0.443. The molecular weight excluding hydrogens is 328 g/mol. The Labute approximate surface area is 145 Å². The SMILES string of the molecule is CC(=O)c1cc2c(cc1NC(=O)CC1CN(C(C)=O)CCO1)OCO2. The maximum absolute atomic E-state index is 12.4. The first kappa shape index (κ1) is 17.2. The summed E-state index contributed by atoms with van der Waals surface area (Å²) in [6.07, 6.45) is -0.275. The zero-order chi connectivity index (χ0) is 18.0. The van der Waals surface area contributed by atoms with E-state index in [1.807, 2.05) is 0 Å². The van der Waals surface area contributed by atoms with Crippen molar-refractivity contribution in [1.82, 2.24) is 4.90 Å². The molecular formula is C17H20N2O6. The molecule has 1 saturated heterocycles. The van der Waals surface area contributed by atoms with Gasteiger partial charge < -0.3 is 24.4 Å². The van der Waals surface area contributed by atoms with Crippen LogP contribution in [0.1, 0.15) is 30.6 Å². The maximum atomic E-state index is 12.4. The van der Waals surface area contributed by atoms with E-state index in [1.54, 1.807) is 17.0 Å². The number of nitrogens with one attached hydrogen (secondary N) is 1. The summed E-state index contributed by atoms with van der Waals surface area (Å²) in [5, 5.41) is 2.73. The Morgan fingerprint density at radius 1 is 1.20 bits per heavy atom. The molecule has 2 aliphatic rings. The van der Waals surface area contributed by atoms with Crippen molar-refractivity contribution in [2.24, 2.45) is 0 Å². The number of rotatable bonds is 4. The number of hydrogen-bond acceptors (Lipinski definition) is 6. The average Bonchev–Trinajstić information content (AvgIpc) is 3.01. The fraction of sp³-hybridized carbons (Fsp3) is 0.471. The summed E-state index contributed by atoms with van der Waals surface area (Å²) in [5.41, 5.74) is 0.730. The van der Waals surface area contributed by atoms with E-state index in [4.69, 9.17) is 14.2 Å². The molecule has 3 rings (SSSR count). The van der Waals surface area contributed by atoms with Crippen molar-refractivity contribution in [2.45, 2.75) is 26.4 Å². The summed E-state index contributed by atoms with van der Waals surface area (Å²) >= 11 is 0. The molecule has 1 atom stereocenters. The Morgan fingerprint density at radius 3 is 2.60 bits per heavy atom. The van der Waals surface area contributed by atoms with Crippen LogP contribution < -0.4 is 14.8 Å². The van der Waals surface area contributed by atoms with Crippen molar-refractivity contribution < 1.29 is 28.6 Å². The van der Waals surface area contributed by atoms with Gasteiger partial charge in [-0.25, -0.2) is 0 Å². The van der Waals surface area contributed by atoms with Crippen LogP contribution >= 0.6 is 0 Å². The second kappa shape index (κ2) is 7.10. The normalized spacial score (nSPS) is 18.8. The lowest BCUT2D eigenvalue weighted by Gasteiger charge is -2.32. The first-order chi connectivity index (χ1) is 11.9. The Bertz CT molecular complexity index is 717. The minimum absolute atomic E-state index is 0.0386. The highest BCUT2D eigenvalue weighted by Gasteiger charge is 2.25. The molecule has 2 aliphatic heterocycles. The molecule has 1 aromatic carbocycles. The van der Waals surface area contributed by atoms with Gasteiger partial charge >= 0.3 is 0 Å². The molecule has 1 N–H and O–H groups in total. The minimum atomic E-state index is -0.368. The number of hydrogen-bond donors (Lipinski definition) is 1. The predicted octanol–water partition coefficient (Wildman–Crippen LogP) is 1.19. The topological polar surface area (TPSA) is 94.2 Å². The Balaban J connectivity index is 1.68. The number of ketones is 1. The summed E-state index contributed by atoms with van der Waals surface area (Å²) in [4.78, 5) is 37.3. The maximum Gasteiger partial charge on any atom is 0.231 e. The molecule has 0 spiro atoms. The summed E-state index contributed by atoms with van der Waals surface area (Å²) in [6.45, 7) is 4.31. The van der Waals surface area contributed by atoms with E-state index in [0.29, 0.717) is 42.4 Å². The quantitative estimate of drug-likeness (QED) is 0.822. The highest BCUT2D eigenvalue weighted by Crippen LogP contribution is 2.37. The van der Waals surface area contributed by atoms with Crippen LogP contribution in [0.2, 0.25) is 0 Å². The molecule has 25 heavy (non-hydrogen) atoms. The number of amides is 2. The van der Waals surface area contributed by atoms with E-state index < -0.39 is 0 Å². The highest BCUT2D eigenvalue weighted by molar-refractivity contribution is 6.04. The first-order valence-electron chi connectivity index (χ1n) is 8.05. The molecule has 2 heterocycles. The van der Waals surface area contributed by atoms with Gasteiger partial charge in [-0.1, -0.05) is 0 Å². The fourth-order valence-electron chi connectivity index (χ4n) is 2.87. The molecule has 8 nitrogen and oxygen atoms in total. The number of ether oxygens (including phenoxy) is 3. The third-order valence-corrected chi connectivity index (χ3v) is 4.16. The summed E-state index contributed by atoms with van der Waals surface area (Å²) in [6, 6.07) is 3.15. The van der Waals surface area contributed by atoms with Gasteiger partial charge in [-0.05, 0) is 13.0 Å². The van der Waals surface area contributed by atoms with Gasteiger partial charge in [-0.3, -0.25) is 14.4 Å². The zero-order valence-corrected chi connectivity index (χ0v) is 14.2. The van der Waals surface area contributed by atoms with E-state index in [2.05, 4.69) is 5.32 Å². The smallest absolute Gasteiger partial charge is 0.231 e. The van der Waals surface area contributed by atoms with Crippen molar-refractivity contribution in [3.05, 3.63) is 17.7 Å². The lowest BCUT2D eigenvalue weighted by Crippen LogP contribution is -2.45. The number of Topliss-reactive ketones (excluding diaryl/α,β-unsaturated/α-hetero) is 1. The zero-order valence-electron chi connectivity index (χ0n) is 14.2. The van der Waals surface area contributed by atoms with E-state index in [9.17, 15) is 14.4 Å². The largest absolute Gasteiger partial charge is 0.454 e. The van der Waals surface area contributed by atoms with Crippen LogP contribution in [0, 0.1) is 0 Å². The standard InChI is InChI=1S/C17H20N2O6/c1-10(20)13-6-15-16(25-9-24-15)7-14(13)18-17(22)5-12-8-19(11(2)21)3-4-23-12/h6-7,12H,3-5,8-9H2,1-2H3,(H,18,22). The van der Waals surface area contributed by atoms with Crippen LogP contribution in [0.3, 0.4) is 0 Å². The molecule has 134 valence electrons. The van der Waals surface area contributed by atoms with Crippen molar-refractivity contribution >= 4 is 23.3 Å². The molecule has 1 fully saturated rings. The van der Waals surface area contributed by atoms with Gasteiger partial charge in [0.25, 0.3) is 0 Å². The van der Waals surface area contributed by atoms with Gasteiger partial charge in [-0.2, -0.15) is 0 Å². The van der Waals surface area contributed by atoms with Crippen LogP contribution in [0.15, 0.2) is 12.1 Å². The number of carbonyl (C=O) groups is 3. The second-order valence-electron chi connectivity index (χ2n) is 6.02. The van der Waals surface area contributed by atoms with Crippen LogP contribution in [0.4, 0.5) is 5.69 Å². The number of benzene rings is 1. The van der Waals surface area contributed by atoms with Crippen molar-refractivity contribution in [3.63, 3.8) is 0 Å². The molecule has 0 bridgehead atoms. The van der Waals surface area contributed by atoms with Gasteiger partial charge in [-0.15, -0.1) is 0 Å². The Hall–Kier alpha value is -2.61. The number of fused-ring (bicyclic) bond motifs is 1. The molecule has 1 unspecified atom stereocenters. The van der Waals surface area contributed by atoms with Crippen LogP contribution in [0.5, 0.6) is 11.5 Å². The molecule has 0 radical (unpaired) electrons. The second-order valence-corrected chi connectivity index (χ2v) is 6.02. The van der Waals surface area contributed by atoms with E-state index in [1.165, 1.54) is 13.8 Å². The summed E-state index contributed by atoms with van der Waals surface area (Å²) in [7, 11) is 0. The van der Waals surface area contributed by atoms with Gasteiger partial charge in [0, 0.05) is 31.6 Å². The Kier molecular flexibility index (Phi) is 4.89. The first-order valence-corrected chi connectivity index (χ1v) is 8.05. The number of anilines is 1. The molecule has 2 amide bonds. The fourth-order valence-corrected chi connectivity index (χ4v) is 2.87. The molecule has 1 aromatic rings. The van der Waals surface area contributed by atoms with E-state index in [0.717, 1.165) is 0 Å². The summed E-state index contributed by atoms with van der Waals surface area (Å²) < 4.78 is 16.1. The molecule has 0 aromatic heterocycles.